The summed E-state index contributed by atoms with van der Waals surface area (Å²) in [5, 5.41) is 10.5. The first-order chi connectivity index (χ1) is 13.4. The SMILES string of the molecule is Oc1c(C=Nc2ccccc2C(F)(F)F)cccc1C1CCCCC1.[Cl][Ti][Cl]. The van der Waals surface area contributed by atoms with E-state index in [9.17, 15) is 18.3 Å². The van der Waals surface area contributed by atoms with Gasteiger partial charge in [-0.1, -0.05) is 43.5 Å². The summed E-state index contributed by atoms with van der Waals surface area (Å²) in [6, 6.07) is 10.6. The molecule has 1 aliphatic rings. The summed E-state index contributed by atoms with van der Waals surface area (Å²) in [6.07, 6.45) is 2.41. The second kappa shape index (κ2) is 11.2. The first kappa shape index (κ1) is 23.3. The molecule has 28 heavy (non-hydrogen) atoms. The summed E-state index contributed by atoms with van der Waals surface area (Å²) in [7, 11) is 9.78. The molecular formula is C20H20Cl2F3NOTi. The predicted molar refractivity (Wildman–Crippen MR) is 104 cm³/mol. The van der Waals surface area contributed by atoms with E-state index in [2.05, 4.69) is 4.99 Å². The average Bonchev–Trinajstić information content (AvgIpc) is 2.68. The summed E-state index contributed by atoms with van der Waals surface area (Å²) >= 11 is -0.556. The number of phenols is 1. The van der Waals surface area contributed by atoms with Crippen LogP contribution in [0.3, 0.4) is 0 Å². The van der Waals surface area contributed by atoms with Gasteiger partial charge in [-0.2, -0.15) is 13.2 Å². The molecule has 0 saturated heterocycles. The van der Waals surface area contributed by atoms with Crippen LogP contribution in [0.5, 0.6) is 5.75 Å². The first-order valence-electron chi connectivity index (χ1n) is 8.87. The number of hydrogen-bond donors (Lipinski definition) is 1. The van der Waals surface area contributed by atoms with Crippen LogP contribution in [0.2, 0.25) is 0 Å². The molecule has 1 saturated carbocycles. The molecule has 2 aromatic carbocycles. The molecule has 2 aromatic rings. The molecule has 0 heterocycles. The van der Waals surface area contributed by atoms with Crippen molar-refractivity contribution in [2.24, 2.45) is 4.99 Å². The third-order valence-electron chi connectivity index (χ3n) is 4.70. The zero-order chi connectivity index (χ0) is 20.6. The van der Waals surface area contributed by atoms with Gasteiger partial charge in [0.1, 0.15) is 5.75 Å². The van der Waals surface area contributed by atoms with Crippen LogP contribution in [0.15, 0.2) is 47.5 Å². The van der Waals surface area contributed by atoms with E-state index >= 15 is 0 Å². The maximum absolute atomic E-state index is 13.0. The van der Waals surface area contributed by atoms with Crippen molar-refractivity contribution in [3.05, 3.63) is 59.2 Å². The maximum atomic E-state index is 13.0. The van der Waals surface area contributed by atoms with E-state index in [0.29, 0.717) is 11.5 Å². The number of hydrogen-bond acceptors (Lipinski definition) is 2. The topological polar surface area (TPSA) is 32.6 Å². The number of aliphatic imine (C=N–C) groups is 1. The number of rotatable bonds is 3. The van der Waals surface area contributed by atoms with Crippen LogP contribution in [0, 0.1) is 0 Å². The van der Waals surface area contributed by atoms with Gasteiger partial charge in [0, 0.05) is 11.8 Å². The van der Waals surface area contributed by atoms with E-state index in [1.807, 2.05) is 12.1 Å². The molecule has 0 bridgehead atoms. The molecule has 1 N–H and O–H groups in total. The summed E-state index contributed by atoms with van der Waals surface area (Å²) in [5.41, 5.74) is 0.374. The number of nitrogens with zero attached hydrogens (tertiary/aromatic N) is 1. The van der Waals surface area contributed by atoms with Crippen molar-refractivity contribution in [3.8, 4) is 5.75 Å². The van der Waals surface area contributed by atoms with E-state index < -0.39 is 28.8 Å². The Bertz CT molecular complexity index is 793. The van der Waals surface area contributed by atoms with Gasteiger partial charge in [-0.05, 0) is 42.5 Å². The van der Waals surface area contributed by atoms with Crippen molar-refractivity contribution in [1.82, 2.24) is 0 Å². The average molecular weight is 466 g/mol. The van der Waals surface area contributed by atoms with Crippen LogP contribution >= 0.6 is 18.6 Å². The molecule has 0 aliphatic heterocycles. The van der Waals surface area contributed by atoms with Gasteiger partial charge in [0.15, 0.2) is 0 Å². The Balaban J connectivity index is 0.000000878. The number of halogens is 5. The predicted octanol–water partition coefficient (Wildman–Crippen LogP) is 7.59. The van der Waals surface area contributed by atoms with Crippen molar-refractivity contribution in [1.29, 1.82) is 0 Å². The van der Waals surface area contributed by atoms with Gasteiger partial charge in [-0.25, -0.2) is 0 Å². The fourth-order valence-corrected chi connectivity index (χ4v) is 3.39. The van der Waals surface area contributed by atoms with Crippen molar-refractivity contribution in [2.75, 3.05) is 0 Å². The molecule has 0 unspecified atom stereocenters. The van der Waals surface area contributed by atoms with E-state index in [0.717, 1.165) is 37.3 Å². The Morgan fingerprint density at radius 2 is 1.64 bits per heavy atom. The molecule has 0 amide bonds. The number of phenolic OH excluding ortho intramolecular Hbond substituents is 1. The fraction of sp³-hybridized carbons (Fsp3) is 0.350. The Kier molecular flexibility index (Phi) is 9.35. The molecule has 0 radical (unpaired) electrons. The molecule has 1 fully saturated rings. The number of aromatic hydroxyl groups is 1. The van der Waals surface area contributed by atoms with Crippen molar-refractivity contribution >= 4 is 30.5 Å². The van der Waals surface area contributed by atoms with E-state index in [4.69, 9.17) is 18.6 Å². The van der Waals surface area contributed by atoms with Gasteiger partial charge >= 0.3 is 41.8 Å². The third-order valence-corrected chi connectivity index (χ3v) is 4.70. The minimum absolute atomic E-state index is 0.127. The second-order valence-corrected chi connectivity index (χ2v) is 9.04. The normalized spacial score (nSPS) is 15.2. The van der Waals surface area contributed by atoms with E-state index in [1.54, 1.807) is 6.07 Å². The Morgan fingerprint density at radius 3 is 2.29 bits per heavy atom. The number of benzene rings is 2. The monoisotopic (exact) mass is 465 g/mol. The van der Waals surface area contributed by atoms with Gasteiger partial charge in [0.2, 0.25) is 0 Å². The van der Waals surface area contributed by atoms with Crippen LogP contribution in [-0.2, 0) is 23.2 Å². The van der Waals surface area contributed by atoms with Gasteiger partial charge in [0.25, 0.3) is 0 Å². The van der Waals surface area contributed by atoms with Crippen LogP contribution < -0.4 is 0 Å². The first-order valence-corrected chi connectivity index (χ1v) is 13.2. The molecule has 0 aromatic heterocycles. The van der Waals surface area contributed by atoms with Crippen LogP contribution in [0.1, 0.15) is 54.7 Å². The van der Waals surface area contributed by atoms with Gasteiger partial charge in [-0.15, -0.1) is 0 Å². The molecular weight excluding hydrogens is 446 g/mol. The Morgan fingerprint density at radius 1 is 1.00 bits per heavy atom. The van der Waals surface area contributed by atoms with Gasteiger partial charge < -0.3 is 5.11 Å². The van der Waals surface area contributed by atoms with Gasteiger partial charge in [0.05, 0.1) is 11.3 Å². The third kappa shape index (κ3) is 6.52. The molecule has 8 heteroatoms. The number of para-hydroxylation sites is 2. The summed E-state index contributed by atoms with van der Waals surface area (Å²) in [4.78, 5) is 3.98. The number of alkyl halides is 3. The summed E-state index contributed by atoms with van der Waals surface area (Å²) in [6.45, 7) is 0. The summed E-state index contributed by atoms with van der Waals surface area (Å²) in [5.74, 6) is 0.437. The zero-order valence-corrected chi connectivity index (χ0v) is 18.1. The van der Waals surface area contributed by atoms with Crippen LogP contribution in [0.4, 0.5) is 18.9 Å². The Hall–Kier alpha value is -1.01. The molecule has 0 spiro atoms. The molecule has 150 valence electrons. The second-order valence-electron chi connectivity index (χ2n) is 6.46. The van der Waals surface area contributed by atoms with Gasteiger partial charge in [-0.3, -0.25) is 4.99 Å². The standard InChI is InChI=1S/C20H20F3NO.2ClH.Ti/c21-20(22,23)17-11-4-5-12-18(17)24-13-15-9-6-10-16(19(15)25)14-7-2-1-3-8-14;;;/h4-6,9-14,25H,1-3,7-8H2;2*1H;/q;;;+2/p-2. The van der Waals surface area contributed by atoms with E-state index in [-0.39, 0.29) is 11.4 Å². The molecule has 3 rings (SSSR count). The van der Waals surface area contributed by atoms with Crippen LogP contribution in [0.25, 0.3) is 0 Å². The Labute approximate surface area is 179 Å². The quantitative estimate of drug-likeness (QED) is 0.367. The molecule has 0 atom stereocenters. The summed E-state index contributed by atoms with van der Waals surface area (Å²) < 4.78 is 39.1. The zero-order valence-electron chi connectivity index (χ0n) is 15.0. The van der Waals surface area contributed by atoms with Crippen molar-refractivity contribution in [3.63, 3.8) is 0 Å². The fourth-order valence-electron chi connectivity index (χ4n) is 3.39. The molecule has 2 nitrogen and oxygen atoms in total. The van der Waals surface area contributed by atoms with Crippen LogP contribution in [-0.4, -0.2) is 11.3 Å². The van der Waals surface area contributed by atoms with Crippen molar-refractivity contribution in [2.45, 2.75) is 44.2 Å². The minimum atomic E-state index is -4.46. The van der Waals surface area contributed by atoms with Crippen molar-refractivity contribution < 1.29 is 35.3 Å². The molecule has 1 aliphatic carbocycles. The van der Waals surface area contributed by atoms with E-state index in [1.165, 1.54) is 30.8 Å².